The van der Waals surface area contributed by atoms with E-state index in [1.165, 1.54) is 0 Å². The number of aromatic nitrogens is 6. The predicted molar refractivity (Wildman–Crippen MR) is 135 cm³/mol. The van der Waals surface area contributed by atoms with E-state index in [-0.39, 0.29) is 23.8 Å². The highest BCUT2D eigenvalue weighted by Crippen LogP contribution is 2.55. The molecule has 0 radical (unpaired) electrons. The molecule has 0 saturated heterocycles. The van der Waals surface area contributed by atoms with Crippen LogP contribution in [0.25, 0.3) is 33.4 Å². The highest BCUT2D eigenvalue weighted by atomic mass is 79.9. The molecule has 0 spiro atoms. The second-order valence-electron chi connectivity index (χ2n) is 9.60. The summed E-state index contributed by atoms with van der Waals surface area (Å²) in [4.78, 5) is 46.4. The van der Waals surface area contributed by atoms with Gasteiger partial charge >= 0.3 is 5.95 Å². The number of aromatic amines is 5. The van der Waals surface area contributed by atoms with Crippen LogP contribution in [-0.2, 0) is 5.60 Å². The van der Waals surface area contributed by atoms with Crippen molar-refractivity contribution in [3.63, 3.8) is 0 Å². The first-order valence-corrected chi connectivity index (χ1v) is 12.3. The van der Waals surface area contributed by atoms with Gasteiger partial charge in [0.1, 0.15) is 11.4 Å². The summed E-state index contributed by atoms with van der Waals surface area (Å²) in [6.45, 7) is 2.03. The molecule has 2 bridgehead atoms. The zero-order valence-corrected chi connectivity index (χ0v) is 20.6. The maximum Gasteiger partial charge on any atom is 0.350 e. The molecule has 8 N–H and O–H groups in total. The first-order valence-electron chi connectivity index (χ1n) is 11.5. The van der Waals surface area contributed by atoms with E-state index < -0.39 is 11.4 Å². The van der Waals surface area contributed by atoms with E-state index in [9.17, 15) is 14.7 Å². The average molecular weight is 547 g/mol. The molecule has 1 aromatic carbocycles. The standard InChI is InChI=1S/C25H20BrN7O3/c1-9-12-5-25(36,21-18(9)32-24(27)33-21)22(34)20-17(12)14(7-29-20)16-8-30-19(23(35)31-16)13-6-28-15-4-10(26)2-3-11(13)15/h2-4,6-9,12,28-29,36H,5H2,1H3,(H,31,35)(H3,27,32,33)/p+1/t9-,12-,25-/m0/s1. The lowest BCUT2D eigenvalue weighted by atomic mass is 9.63. The number of Topliss-reactive ketones (excluding diaryl/α,β-unsaturated/α-hetero) is 1. The van der Waals surface area contributed by atoms with Crippen LogP contribution in [0.15, 0.2) is 46.1 Å². The monoisotopic (exact) mass is 546 g/mol. The lowest BCUT2D eigenvalue weighted by Gasteiger charge is -2.41. The van der Waals surface area contributed by atoms with Crippen molar-refractivity contribution in [1.82, 2.24) is 24.9 Å². The summed E-state index contributed by atoms with van der Waals surface area (Å²) < 4.78 is 0.934. The van der Waals surface area contributed by atoms with E-state index in [4.69, 9.17) is 5.73 Å². The number of aliphatic hydroxyl groups is 1. The zero-order valence-electron chi connectivity index (χ0n) is 19.0. The van der Waals surface area contributed by atoms with Crippen molar-refractivity contribution in [3.05, 3.63) is 74.3 Å². The molecule has 11 heteroatoms. The van der Waals surface area contributed by atoms with Gasteiger partial charge in [0.15, 0.2) is 11.3 Å². The Hall–Kier alpha value is -3.96. The summed E-state index contributed by atoms with van der Waals surface area (Å²) in [5.41, 5.74) is 9.20. The van der Waals surface area contributed by atoms with Crippen LogP contribution in [0.4, 0.5) is 5.95 Å². The van der Waals surface area contributed by atoms with Gasteiger partial charge in [-0.25, -0.2) is 15.0 Å². The molecule has 2 aliphatic carbocycles. The van der Waals surface area contributed by atoms with Gasteiger partial charge in [0.2, 0.25) is 5.78 Å². The smallest absolute Gasteiger partial charge is 0.350 e. The Morgan fingerprint density at radius 1 is 1.19 bits per heavy atom. The van der Waals surface area contributed by atoms with Gasteiger partial charge in [0.25, 0.3) is 5.56 Å². The van der Waals surface area contributed by atoms with E-state index in [1.807, 2.05) is 25.1 Å². The number of nitrogen functional groups attached to an aromatic ring is 1. The van der Waals surface area contributed by atoms with Crippen molar-refractivity contribution in [2.45, 2.75) is 30.8 Å². The van der Waals surface area contributed by atoms with Crippen molar-refractivity contribution in [2.24, 2.45) is 0 Å². The maximum absolute atomic E-state index is 13.4. The van der Waals surface area contributed by atoms with Crippen molar-refractivity contribution in [2.75, 3.05) is 5.73 Å². The number of H-pyrrole nitrogens is 5. The Morgan fingerprint density at radius 2 is 2.00 bits per heavy atom. The third-order valence-electron chi connectivity index (χ3n) is 7.66. The molecule has 7 rings (SSSR count). The van der Waals surface area contributed by atoms with Crippen LogP contribution in [0, 0.1) is 0 Å². The highest BCUT2D eigenvalue weighted by Gasteiger charge is 2.57. The molecule has 0 saturated carbocycles. The number of fused-ring (bicyclic) bond motifs is 7. The number of carbonyl (C=O) groups is 1. The molecule has 36 heavy (non-hydrogen) atoms. The number of imidazole rings is 1. The topological polar surface area (TPSA) is 171 Å². The fourth-order valence-electron chi connectivity index (χ4n) is 5.93. The summed E-state index contributed by atoms with van der Waals surface area (Å²) >= 11 is 3.46. The van der Waals surface area contributed by atoms with Crippen LogP contribution in [0.2, 0.25) is 0 Å². The van der Waals surface area contributed by atoms with Gasteiger partial charge in [0, 0.05) is 44.8 Å². The Bertz CT molecular complexity index is 1790. The van der Waals surface area contributed by atoms with Gasteiger partial charge < -0.3 is 20.1 Å². The number of hydrogen-bond acceptors (Lipinski definition) is 5. The fraction of sp³-hybridized carbons (Fsp3) is 0.200. The second-order valence-corrected chi connectivity index (χ2v) is 10.5. The number of rotatable bonds is 2. The molecule has 10 nitrogen and oxygen atoms in total. The van der Waals surface area contributed by atoms with E-state index in [0.29, 0.717) is 45.5 Å². The first kappa shape index (κ1) is 21.3. The molecule has 2 aliphatic rings. The van der Waals surface area contributed by atoms with Crippen LogP contribution in [-0.4, -0.2) is 35.8 Å². The lowest BCUT2D eigenvalue weighted by Crippen LogP contribution is -2.49. The van der Waals surface area contributed by atoms with Gasteiger partial charge in [-0.1, -0.05) is 28.9 Å². The number of halogens is 1. The molecule has 5 aromatic rings. The second kappa shape index (κ2) is 7.05. The van der Waals surface area contributed by atoms with Crippen molar-refractivity contribution >= 4 is 38.6 Å². The van der Waals surface area contributed by atoms with E-state index in [1.54, 1.807) is 18.6 Å². The van der Waals surface area contributed by atoms with Gasteiger partial charge in [-0.15, -0.1) is 0 Å². The molecule has 0 aliphatic heterocycles. The molecule has 4 heterocycles. The van der Waals surface area contributed by atoms with Crippen LogP contribution >= 0.6 is 15.9 Å². The quantitative estimate of drug-likeness (QED) is 0.199. The number of ketones is 1. The summed E-state index contributed by atoms with van der Waals surface area (Å²) in [7, 11) is 0. The van der Waals surface area contributed by atoms with Gasteiger partial charge in [-0.05, 0) is 30.0 Å². The molecular weight excluding hydrogens is 526 g/mol. The predicted octanol–water partition coefficient (Wildman–Crippen LogP) is 3.08. The number of carbonyl (C=O) groups excluding carboxylic acids is 1. The summed E-state index contributed by atoms with van der Waals surface area (Å²) in [6.07, 6.45) is 5.29. The third-order valence-corrected chi connectivity index (χ3v) is 8.15. The number of nitrogens with one attached hydrogen (secondary N) is 5. The van der Waals surface area contributed by atoms with Crippen LogP contribution in [0.3, 0.4) is 0 Å². The zero-order chi connectivity index (χ0) is 24.9. The average Bonchev–Trinajstić information content (AvgIpc) is 3.57. The Balaban J connectivity index is 1.35. The molecule has 4 aromatic heterocycles. The van der Waals surface area contributed by atoms with E-state index >= 15 is 0 Å². The molecule has 180 valence electrons. The molecule has 0 unspecified atom stereocenters. The van der Waals surface area contributed by atoms with Crippen molar-refractivity contribution < 1.29 is 14.9 Å². The number of hydrogen-bond donors (Lipinski definition) is 6. The van der Waals surface area contributed by atoms with E-state index in [2.05, 4.69) is 45.8 Å². The number of benzene rings is 1. The molecule has 3 atom stereocenters. The summed E-state index contributed by atoms with van der Waals surface area (Å²) in [5, 5.41) is 12.3. The Morgan fingerprint density at radius 3 is 2.81 bits per heavy atom. The van der Waals surface area contributed by atoms with Crippen LogP contribution < -0.4 is 16.3 Å². The highest BCUT2D eigenvalue weighted by molar-refractivity contribution is 9.10. The number of nitrogens with zero attached hydrogens (tertiary/aromatic N) is 1. The van der Waals surface area contributed by atoms with Crippen molar-refractivity contribution in [3.8, 4) is 22.5 Å². The SMILES string of the molecule is C[C@@H]1c2[nH]c(N)[nH+]c2[C@@]2(O)C[C@@H]1c1c(-c3cnc(-c4c[nH]c5cc(Br)ccc45)c(=O)[nH]3)c[nH]c1C2=O. The van der Waals surface area contributed by atoms with E-state index in [0.717, 1.165) is 20.9 Å². The maximum atomic E-state index is 13.4. The Labute approximate surface area is 211 Å². The molecule has 0 amide bonds. The number of nitrogens with two attached hydrogens (primary N) is 1. The molecule has 0 fully saturated rings. The Kier molecular flexibility index (Phi) is 4.18. The van der Waals surface area contributed by atoms with Gasteiger partial charge in [0.05, 0.1) is 17.6 Å². The van der Waals surface area contributed by atoms with Crippen LogP contribution in [0.5, 0.6) is 0 Å². The minimum atomic E-state index is -1.70. The normalized spacial score (nSPS) is 22.6. The van der Waals surface area contributed by atoms with Gasteiger partial charge in [-0.2, -0.15) is 0 Å². The minimum absolute atomic E-state index is 0.0558. The fourth-order valence-corrected chi connectivity index (χ4v) is 6.29. The van der Waals surface area contributed by atoms with Crippen molar-refractivity contribution in [1.29, 1.82) is 0 Å². The number of anilines is 1. The largest absolute Gasteiger partial charge is 0.374 e. The van der Waals surface area contributed by atoms with Gasteiger partial charge in [-0.3, -0.25) is 15.3 Å². The summed E-state index contributed by atoms with van der Waals surface area (Å²) in [6, 6.07) is 5.79. The first-order chi connectivity index (χ1) is 17.3. The lowest BCUT2D eigenvalue weighted by molar-refractivity contribution is -0.387. The van der Waals surface area contributed by atoms with Crippen LogP contribution in [0.1, 0.15) is 52.6 Å². The summed E-state index contributed by atoms with van der Waals surface area (Å²) in [5.74, 6) is -0.378. The third kappa shape index (κ3) is 2.69. The molecular formula is C25H21BrN7O3+. The minimum Gasteiger partial charge on any atom is -0.374 e.